The summed E-state index contributed by atoms with van der Waals surface area (Å²) >= 11 is 0. The van der Waals surface area contributed by atoms with E-state index in [0.717, 1.165) is 28.1 Å². The molecule has 0 aliphatic rings. The van der Waals surface area contributed by atoms with Gasteiger partial charge in [0.15, 0.2) is 5.82 Å². The first-order valence-corrected chi connectivity index (χ1v) is 19.9. The summed E-state index contributed by atoms with van der Waals surface area (Å²) in [7, 11) is 0. The molecule has 0 spiro atoms. The molecule has 0 N–H and O–H groups in total. The second kappa shape index (κ2) is 12.9. The van der Waals surface area contributed by atoms with Crippen molar-refractivity contribution in [1.29, 1.82) is 0 Å². The first-order chi connectivity index (χ1) is 28.7. The fraction of sp³-hybridized carbons (Fsp3) is 0. The Morgan fingerprint density at radius 1 is 0.224 bits per heavy atom. The van der Waals surface area contributed by atoms with E-state index in [0.29, 0.717) is 5.82 Å². The van der Waals surface area contributed by atoms with E-state index in [1.165, 1.54) is 86.9 Å². The number of nitrogens with zero attached hydrogens (tertiary/aromatic N) is 2. The highest BCUT2D eigenvalue weighted by Crippen LogP contribution is 2.44. The molecule has 1 aromatic heterocycles. The van der Waals surface area contributed by atoms with Crippen LogP contribution in [0, 0.1) is 0 Å². The summed E-state index contributed by atoms with van der Waals surface area (Å²) in [5, 5.41) is 15.1. The minimum Gasteiger partial charge on any atom is -0.228 e. The lowest BCUT2D eigenvalue weighted by atomic mass is 9.87. The van der Waals surface area contributed by atoms with Crippen molar-refractivity contribution in [3.05, 3.63) is 206 Å². The van der Waals surface area contributed by atoms with Crippen molar-refractivity contribution in [3.8, 4) is 56.2 Å². The van der Waals surface area contributed by atoms with Crippen LogP contribution in [0.1, 0.15) is 0 Å². The summed E-state index contributed by atoms with van der Waals surface area (Å²) in [6.45, 7) is 0. The summed E-state index contributed by atoms with van der Waals surface area (Å²) < 4.78 is 0. The van der Waals surface area contributed by atoms with Gasteiger partial charge in [-0.3, -0.25) is 0 Å². The molecule has 0 amide bonds. The maximum Gasteiger partial charge on any atom is 0.160 e. The third kappa shape index (κ3) is 5.19. The van der Waals surface area contributed by atoms with Crippen molar-refractivity contribution in [2.45, 2.75) is 0 Å². The van der Waals surface area contributed by atoms with Gasteiger partial charge in [-0.25, -0.2) is 9.97 Å². The van der Waals surface area contributed by atoms with Gasteiger partial charge < -0.3 is 0 Å². The van der Waals surface area contributed by atoms with Crippen LogP contribution in [-0.4, -0.2) is 9.97 Å². The first-order valence-electron chi connectivity index (χ1n) is 19.9. The van der Waals surface area contributed by atoms with Gasteiger partial charge in [0.05, 0.1) is 11.4 Å². The third-order valence-corrected chi connectivity index (χ3v) is 12.0. The highest BCUT2D eigenvalue weighted by atomic mass is 14.9. The lowest BCUT2D eigenvalue weighted by Crippen LogP contribution is -1.96. The molecule has 0 unspecified atom stereocenters. The van der Waals surface area contributed by atoms with Crippen LogP contribution in [0.2, 0.25) is 0 Å². The van der Waals surface area contributed by atoms with Crippen LogP contribution in [0.25, 0.3) is 121 Å². The average molecular weight is 735 g/mol. The molecule has 1 heterocycles. The number of hydrogen-bond acceptors (Lipinski definition) is 2. The molecule has 12 aromatic rings. The van der Waals surface area contributed by atoms with Crippen LogP contribution in [0.3, 0.4) is 0 Å². The van der Waals surface area contributed by atoms with Crippen molar-refractivity contribution in [2.75, 3.05) is 0 Å². The van der Waals surface area contributed by atoms with Crippen molar-refractivity contribution in [3.63, 3.8) is 0 Å². The molecule has 0 radical (unpaired) electrons. The maximum atomic E-state index is 5.31. The molecule has 12 rings (SSSR count). The Morgan fingerprint density at radius 2 is 0.621 bits per heavy atom. The van der Waals surface area contributed by atoms with E-state index in [-0.39, 0.29) is 0 Å². The maximum absolute atomic E-state index is 5.31. The standard InChI is InChI=1S/C56H34N2/c1-3-10-35(11-4-1)36-20-22-37(23-21-36)38-24-26-39(27-25-38)50-34-51(58-56(57-50)43-12-5-2-6-13-43)45-32-44-31-30-42-15-8-18-47-46-17-7-14-40-28-29-41-16-9-19-48(54(41)52(40)46)49(33-45)55(44)53(42)47/h1-34H. The lowest BCUT2D eigenvalue weighted by Gasteiger charge is -2.17. The number of fused-ring (bicyclic) bond motifs is 2. The predicted octanol–water partition coefficient (Wildman–Crippen LogP) is 15.2. The van der Waals surface area contributed by atoms with E-state index < -0.39 is 0 Å². The fourth-order valence-electron chi connectivity index (χ4n) is 9.21. The van der Waals surface area contributed by atoms with Crippen LogP contribution >= 0.6 is 0 Å². The quantitative estimate of drug-likeness (QED) is 0.165. The van der Waals surface area contributed by atoms with Gasteiger partial charge in [0, 0.05) is 16.7 Å². The third-order valence-electron chi connectivity index (χ3n) is 12.0. The van der Waals surface area contributed by atoms with Gasteiger partial charge in [-0.1, -0.05) is 188 Å². The van der Waals surface area contributed by atoms with Crippen LogP contribution in [-0.2, 0) is 0 Å². The van der Waals surface area contributed by atoms with Crippen molar-refractivity contribution in [1.82, 2.24) is 9.97 Å². The Bertz CT molecular complexity index is 3510. The second-order valence-corrected chi connectivity index (χ2v) is 15.3. The minimum atomic E-state index is 0.707. The largest absolute Gasteiger partial charge is 0.228 e. The Labute approximate surface area is 335 Å². The van der Waals surface area contributed by atoms with E-state index >= 15 is 0 Å². The van der Waals surface area contributed by atoms with Crippen LogP contribution in [0.4, 0.5) is 0 Å². The molecule has 11 aromatic carbocycles. The van der Waals surface area contributed by atoms with E-state index in [2.05, 4.69) is 200 Å². The molecule has 0 saturated carbocycles. The lowest BCUT2D eigenvalue weighted by molar-refractivity contribution is 1.18. The van der Waals surface area contributed by atoms with Gasteiger partial charge in [0.1, 0.15) is 0 Å². The zero-order valence-electron chi connectivity index (χ0n) is 31.5. The van der Waals surface area contributed by atoms with Crippen molar-refractivity contribution < 1.29 is 0 Å². The highest BCUT2D eigenvalue weighted by Gasteiger charge is 2.18. The van der Waals surface area contributed by atoms with E-state index in [1.54, 1.807) is 0 Å². The van der Waals surface area contributed by atoms with E-state index in [9.17, 15) is 0 Å². The summed E-state index contributed by atoms with van der Waals surface area (Å²) in [6, 6.07) is 74.7. The molecular formula is C56H34N2. The second-order valence-electron chi connectivity index (χ2n) is 15.3. The number of benzene rings is 10. The van der Waals surface area contributed by atoms with Crippen molar-refractivity contribution in [2.24, 2.45) is 0 Å². The van der Waals surface area contributed by atoms with Crippen LogP contribution in [0.5, 0.6) is 0 Å². The molecule has 2 nitrogen and oxygen atoms in total. The van der Waals surface area contributed by atoms with E-state index in [1.807, 2.05) is 6.07 Å². The predicted molar refractivity (Wildman–Crippen MR) is 245 cm³/mol. The Morgan fingerprint density at radius 3 is 1.14 bits per heavy atom. The zero-order valence-corrected chi connectivity index (χ0v) is 31.5. The molecule has 0 bridgehead atoms. The Balaban J connectivity index is 1.07. The first kappa shape index (κ1) is 32.6. The van der Waals surface area contributed by atoms with Gasteiger partial charge in [0.25, 0.3) is 0 Å². The number of rotatable bonds is 5. The molecule has 0 aliphatic carbocycles. The molecule has 0 atom stereocenters. The Hall–Kier alpha value is -7.68. The molecule has 0 saturated heterocycles. The minimum absolute atomic E-state index is 0.707. The summed E-state index contributed by atoms with van der Waals surface area (Å²) in [4.78, 5) is 10.5. The molecule has 0 fully saturated rings. The van der Waals surface area contributed by atoms with Gasteiger partial charge in [-0.15, -0.1) is 0 Å². The highest BCUT2D eigenvalue weighted by molar-refractivity contribution is 6.37. The van der Waals surface area contributed by atoms with Crippen LogP contribution in [0.15, 0.2) is 206 Å². The van der Waals surface area contributed by atoms with Gasteiger partial charge in [0.2, 0.25) is 0 Å². The van der Waals surface area contributed by atoms with Gasteiger partial charge >= 0.3 is 0 Å². The Kier molecular flexibility index (Phi) is 7.26. The SMILES string of the molecule is c1ccc(-c2ccc(-c3ccc(-c4cc(-c5cc6ccc7cccc8c9cccc%10ccc%11cccc(c(c5)c6c78)c%11c%109)nc(-c5ccccc5)n4)cc3)cc2)cc1. The van der Waals surface area contributed by atoms with E-state index in [4.69, 9.17) is 9.97 Å². The molecule has 0 aliphatic heterocycles. The zero-order chi connectivity index (χ0) is 38.2. The van der Waals surface area contributed by atoms with Gasteiger partial charge in [-0.2, -0.15) is 0 Å². The molecular weight excluding hydrogens is 701 g/mol. The topological polar surface area (TPSA) is 25.8 Å². The molecule has 2 heteroatoms. The molecule has 268 valence electrons. The normalized spacial score (nSPS) is 11.8. The van der Waals surface area contributed by atoms with Crippen LogP contribution < -0.4 is 0 Å². The number of hydrogen-bond donors (Lipinski definition) is 0. The summed E-state index contributed by atoms with van der Waals surface area (Å²) in [6.07, 6.45) is 0. The number of aromatic nitrogens is 2. The fourth-order valence-corrected chi connectivity index (χ4v) is 9.21. The smallest absolute Gasteiger partial charge is 0.160 e. The molecule has 58 heavy (non-hydrogen) atoms. The summed E-state index contributed by atoms with van der Waals surface area (Å²) in [5.41, 5.74) is 9.65. The summed E-state index contributed by atoms with van der Waals surface area (Å²) in [5.74, 6) is 0.707. The average Bonchev–Trinajstić information content (AvgIpc) is 3.30. The van der Waals surface area contributed by atoms with Gasteiger partial charge in [-0.05, 0) is 105 Å². The monoisotopic (exact) mass is 734 g/mol. The van der Waals surface area contributed by atoms with Crippen molar-refractivity contribution >= 4 is 64.6 Å².